The molecule has 1 aliphatic carbocycles. The van der Waals surface area contributed by atoms with Gasteiger partial charge in [-0.05, 0) is 31.4 Å². The van der Waals surface area contributed by atoms with Crippen LogP contribution in [0.1, 0.15) is 29.6 Å². The number of allylic oxidation sites excluding steroid dienone is 3. The molecule has 0 saturated carbocycles. The minimum atomic E-state index is -0.103. The number of nitrogen functional groups attached to an aromatic ring is 1. The van der Waals surface area contributed by atoms with Crippen LogP contribution in [-0.2, 0) is 0 Å². The van der Waals surface area contributed by atoms with Gasteiger partial charge in [0.1, 0.15) is 0 Å². The van der Waals surface area contributed by atoms with Gasteiger partial charge in [-0.2, -0.15) is 0 Å². The minimum Gasteiger partial charge on any atom is -0.398 e. The number of nitrogens with two attached hydrogens (primary N) is 1. The third-order valence-electron chi connectivity index (χ3n) is 2.98. The van der Waals surface area contributed by atoms with Gasteiger partial charge < -0.3 is 11.1 Å². The van der Waals surface area contributed by atoms with Gasteiger partial charge in [0.15, 0.2) is 0 Å². The van der Waals surface area contributed by atoms with Crippen LogP contribution in [0.3, 0.4) is 0 Å². The summed E-state index contributed by atoms with van der Waals surface area (Å²) in [6.45, 7) is 0.642. The number of rotatable bonds is 4. The summed E-state index contributed by atoms with van der Waals surface area (Å²) in [7, 11) is 0. The summed E-state index contributed by atoms with van der Waals surface area (Å²) in [5.74, 6) is -0.103. The Balaban J connectivity index is 1.84. The Morgan fingerprint density at radius 1 is 1.28 bits per heavy atom. The molecular formula is C15H18N2O. The number of hydrogen-bond acceptors (Lipinski definition) is 2. The van der Waals surface area contributed by atoms with Crippen LogP contribution in [0.15, 0.2) is 48.1 Å². The molecule has 18 heavy (non-hydrogen) atoms. The molecule has 0 atom stereocenters. The first-order chi connectivity index (χ1) is 8.77. The van der Waals surface area contributed by atoms with E-state index >= 15 is 0 Å². The van der Waals surface area contributed by atoms with Gasteiger partial charge >= 0.3 is 0 Å². The Kier molecular flexibility index (Phi) is 4.18. The first kappa shape index (κ1) is 12.4. The maximum absolute atomic E-state index is 11.9. The van der Waals surface area contributed by atoms with Crippen molar-refractivity contribution >= 4 is 11.6 Å². The zero-order chi connectivity index (χ0) is 12.8. The molecule has 1 aromatic carbocycles. The second-order valence-electron chi connectivity index (χ2n) is 4.35. The molecule has 1 aliphatic rings. The smallest absolute Gasteiger partial charge is 0.253 e. The summed E-state index contributed by atoms with van der Waals surface area (Å²) in [5.41, 5.74) is 8.11. The third-order valence-corrected chi connectivity index (χ3v) is 2.98. The number of hydrogen-bond donors (Lipinski definition) is 2. The number of anilines is 1. The Morgan fingerprint density at radius 2 is 2.11 bits per heavy atom. The predicted octanol–water partition coefficient (Wildman–Crippen LogP) is 2.67. The van der Waals surface area contributed by atoms with Crippen LogP contribution in [0.25, 0.3) is 0 Å². The largest absolute Gasteiger partial charge is 0.398 e. The van der Waals surface area contributed by atoms with Crippen molar-refractivity contribution in [2.75, 3.05) is 12.3 Å². The second-order valence-corrected chi connectivity index (χ2v) is 4.35. The van der Waals surface area contributed by atoms with Crippen LogP contribution >= 0.6 is 0 Å². The molecular weight excluding hydrogens is 224 g/mol. The van der Waals surface area contributed by atoms with E-state index in [-0.39, 0.29) is 5.91 Å². The highest BCUT2D eigenvalue weighted by Crippen LogP contribution is 2.13. The van der Waals surface area contributed by atoms with E-state index < -0.39 is 0 Å². The molecule has 3 heteroatoms. The monoisotopic (exact) mass is 242 g/mol. The van der Waals surface area contributed by atoms with E-state index in [0.29, 0.717) is 17.8 Å². The predicted molar refractivity (Wildman–Crippen MR) is 74.3 cm³/mol. The first-order valence-corrected chi connectivity index (χ1v) is 6.25. The topological polar surface area (TPSA) is 55.1 Å². The normalized spacial score (nSPS) is 14.1. The molecule has 3 nitrogen and oxygen atoms in total. The molecule has 0 spiro atoms. The van der Waals surface area contributed by atoms with Crippen molar-refractivity contribution in [1.29, 1.82) is 0 Å². The number of nitrogens with one attached hydrogen (secondary N) is 1. The molecule has 0 heterocycles. The maximum atomic E-state index is 11.9. The number of carbonyl (C=O) groups excluding carboxylic acids is 1. The molecule has 0 unspecified atom stereocenters. The average Bonchev–Trinajstić information content (AvgIpc) is 2.40. The van der Waals surface area contributed by atoms with Crippen LogP contribution in [0.4, 0.5) is 5.69 Å². The quantitative estimate of drug-likeness (QED) is 0.797. The van der Waals surface area contributed by atoms with Crippen molar-refractivity contribution in [3.05, 3.63) is 53.6 Å². The van der Waals surface area contributed by atoms with Crippen LogP contribution in [0.2, 0.25) is 0 Å². The van der Waals surface area contributed by atoms with E-state index in [9.17, 15) is 4.79 Å². The standard InChI is InChI=1S/C15H18N2O/c16-14-9-5-4-8-13(14)15(18)17-11-10-12-6-2-1-3-7-12/h2,4-9H,1,3,10-11,16H2,(H,17,18). The first-order valence-electron chi connectivity index (χ1n) is 6.25. The van der Waals surface area contributed by atoms with Crippen molar-refractivity contribution < 1.29 is 4.79 Å². The second kappa shape index (κ2) is 6.05. The van der Waals surface area contributed by atoms with Gasteiger partial charge in [-0.3, -0.25) is 4.79 Å². The van der Waals surface area contributed by atoms with Crippen molar-refractivity contribution in [3.63, 3.8) is 0 Å². The number of benzene rings is 1. The van der Waals surface area contributed by atoms with Gasteiger partial charge in [-0.25, -0.2) is 0 Å². The van der Waals surface area contributed by atoms with E-state index in [1.54, 1.807) is 12.1 Å². The fourth-order valence-electron chi connectivity index (χ4n) is 1.97. The van der Waals surface area contributed by atoms with Gasteiger partial charge in [0, 0.05) is 12.2 Å². The molecule has 0 aromatic heterocycles. The van der Waals surface area contributed by atoms with Crippen LogP contribution in [0, 0.1) is 0 Å². The van der Waals surface area contributed by atoms with Crippen molar-refractivity contribution in [2.24, 2.45) is 0 Å². The number of para-hydroxylation sites is 1. The molecule has 1 aromatic rings. The van der Waals surface area contributed by atoms with Crippen LogP contribution in [-0.4, -0.2) is 12.5 Å². The van der Waals surface area contributed by atoms with Gasteiger partial charge in [-0.15, -0.1) is 0 Å². The number of amides is 1. The zero-order valence-electron chi connectivity index (χ0n) is 10.4. The van der Waals surface area contributed by atoms with Gasteiger partial charge in [0.2, 0.25) is 0 Å². The molecule has 94 valence electrons. The Hall–Kier alpha value is -2.03. The zero-order valence-corrected chi connectivity index (χ0v) is 10.4. The van der Waals surface area contributed by atoms with Crippen molar-refractivity contribution in [2.45, 2.75) is 19.3 Å². The summed E-state index contributed by atoms with van der Waals surface area (Å²) >= 11 is 0. The fourth-order valence-corrected chi connectivity index (χ4v) is 1.97. The summed E-state index contributed by atoms with van der Waals surface area (Å²) in [6.07, 6.45) is 9.62. The van der Waals surface area contributed by atoms with Crippen molar-refractivity contribution in [1.82, 2.24) is 5.32 Å². The lowest BCUT2D eigenvalue weighted by Crippen LogP contribution is -2.25. The van der Waals surface area contributed by atoms with E-state index in [1.807, 2.05) is 12.1 Å². The molecule has 0 saturated heterocycles. The minimum absolute atomic E-state index is 0.103. The molecule has 2 rings (SSSR count). The molecule has 0 fully saturated rings. The highest BCUT2D eigenvalue weighted by Gasteiger charge is 2.07. The van der Waals surface area contributed by atoms with Crippen LogP contribution in [0.5, 0.6) is 0 Å². The molecule has 0 radical (unpaired) electrons. The van der Waals surface area contributed by atoms with E-state index in [2.05, 4.69) is 23.5 Å². The fraction of sp³-hybridized carbons (Fsp3) is 0.267. The third kappa shape index (κ3) is 3.23. The average molecular weight is 242 g/mol. The van der Waals surface area contributed by atoms with E-state index in [0.717, 1.165) is 19.3 Å². The summed E-state index contributed by atoms with van der Waals surface area (Å²) in [5, 5.41) is 2.89. The highest BCUT2D eigenvalue weighted by molar-refractivity contribution is 5.99. The molecule has 0 aliphatic heterocycles. The molecule has 3 N–H and O–H groups in total. The molecule has 0 bridgehead atoms. The van der Waals surface area contributed by atoms with Gasteiger partial charge in [0.25, 0.3) is 5.91 Å². The van der Waals surface area contributed by atoms with Crippen LogP contribution < -0.4 is 11.1 Å². The van der Waals surface area contributed by atoms with E-state index in [4.69, 9.17) is 5.73 Å². The SMILES string of the molecule is Nc1ccccc1C(=O)NCCC1=CCCC=C1. The van der Waals surface area contributed by atoms with Crippen molar-refractivity contribution in [3.8, 4) is 0 Å². The summed E-state index contributed by atoms with van der Waals surface area (Å²) in [6, 6.07) is 7.12. The summed E-state index contributed by atoms with van der Waals surface area (Å²) < 4.78 is 0. The Labute approximate surface area is 107 Å². The number of carbonyl (C=O) groups is 1. The summed E-state index contributed by atoms with van der Waals surface area (Å²) in [4.78, 5) is 11.9. The van der Waals surface area contributed by atoms with Gasteiger partial charge in [0.05, 0.1) is 5.56 Å². The lowest BCUT2D eigenvalue weighted by molar-refractivity contribution is 0.0955. The Morgan fingerprint density at radius 3 is 2.83 bits per heavy atom. The highest BCUT2D eigenvalue weighted by atomic mass is 16.1. The van der Waals surface area contributed by atoms with Gasteiger partial charge in [-0.1, -0.05) is 35.9 Å². The lowest BCUT2D eigenvalue weighted by atomic mass is 10.0. The maximum Gasteiger partial charge on any atom is 0.253 e. The lowest BCUT2D eigenvalue weighted by Gasteiger charge is -2.09. The Bertz CT molecular complexity index is 489. The molecule has 1 amide bonds. The van der Waals surface area contributed by atoms with E-state index in [1.165, 1.54) is 5.57 Å².